The lowest BCUT2D eigenvalue weighted by Crippen LogP contribution is -2.29. The highest BCUT2D eigenvalue weighted by Gasteiger charge is 2.48. The number of nitrogens with zero attached hydrogens (tertiary/aromatic N) is 2. The fourth-order valence-corrected chi connectivity index (χ4v) is 5.35. The molecular weight excluding hydrogens is 526 g/mol. The topological polar surface area (TPSA) is 89.0 Å². The lowest BCUT2D eigenvalue weighted by molar-refractivity contribution is -0.132. The summed E-state index contributed by atoms with van der Waals surface area (Å²) in [7, 11) is 0. The summed E-state index contributed by atoms with van der Waals surface area (Å²) in [5, 5.41) is 11.4. The maximum Gasteiger partial charge on any atom is 0.301 e. The number of aliphatic hydroxyl groups excluding tert-OH is 1. The van der Waals surface area contributed by atoms with Crippen molar-refractivity contribution < 1.29 is 33.0 Å². The van der Waals surface area contributed by atoms with Gasteiger partial charge in [0.15, 0.2) is 16.6 Å². The third-order valence-corrected chi connectivity index (χ3v) is 7.06. The summed E-state index contributed by atoms with van der Waals surface area (Å²) in [5.74, 6) is -2.56. The van der Waals surface area contributed by atoms with Gasteiger partial charge in [-0.05, 0) is 67.1 Å². The van der Waals surface area contributed by atoms with Gasteiger partial charge in [0.2, 0.25) is 0 Å². The molecule has 3 aromatic carbocycles. The van der Waals surface area contributed by atoms with Gasteiger partial charge in [-0.15, -0.1) is 0 Å². The molecule has 10 heteroatoms. The zero-order chi connectivity index (χ0) is 27.7. The van der Waals surface area contributed by atoms with Crippen molar-refractivity contribution in [3.8, 4) is 11.5 Å². The average molecular weight is 549 g/mol. The smallest absolute Gasteiger partial charge is 0.301 e. The molecule has 1 N–H and O–H groups in total. The highest BCUT2D eigenvalue weighted by Crippen LogP contribution is 2.46. The van der Waals surface area contributed by atoms with Crippen LogP contribution in [0.3, 0.4) is 0 Å². The Morgan fingerprint density at radius 2 is 1.79 bits per heavy atom. The van der Waals surface area contributed by atoms with E-state index in [2.05, 4.69) is 11.6 Å². The predicted molar refractivity (Wildman–Crippen MR) is 144 cm³/mol. The first-order chi connectivity index (χ1) is 18.8. The number of fused-ring (bicyclic) bond motifs is 1. The summed E-state index contributed by atoms with van der Waals surface area (Å²) < 4.78 is 39.4. The number of amides is 1. The third-order valence-electron chi connectivity index (χ3n) is 6.05. The second-order valence-electron chi connectivity index (χ2n) is 8.52. The zero-order valence-electron chi connectivity index (χ0n) is 20.7. The monoisotopic (exact) mass is 548 g/mol. The molecule has 2 heterocycles. The maximum absolute atomic E-state index is 13.9. The van der Waals surface area contributed by atoms with E-state index in [1.54, 1.807) is 31.2 Å². The van der Waals surface area contributed by atoms with Gasteiger partial charge in [-0.1, -0.05) is 30.1 Å². The van der Waals surface area contributed by atoms with Gasteiger partial charge in [-0.3, -0.25) is 14.5 Å². The Bertz CT molecular complexity index is 1630. The van der Waals surface area contributed by atoms with Crippen LogP contribution in [0.4, 0.5) is 13.9 Å². The Morgan fingerprint density at radius 1 is 1.05 bits per heavy atom. The van der Waals surface area contributed by atoms with Gasteiger partial charge in [0.05, 0.1) is 28.4 Å². The van der Waals surface area contributed by atoms with Crippen LogP contribution in [0.5, 0.6) is 11.5 Å². The van der Waals surface area contributed by atoms with Crippen LogP contribution in [0.2, 0.25) is 0 Å². The van der Waals surface area contributed by atoms with Crippen LogP contribution in [-0.4, -0.2) is 35.0 Å². The van der Waals surface area contributed by atoms with Gasteiger partial charge < -0.3 is 14.6 Å². The van der Waals surface area contributed by atoms with E-state index >= 15 is 0 Å². The molecule has 1 aliphatic rings. The predicted octanol–water partition coefficient (Wildman–Crippen LogP) is 6.16. The molecule has 0 spiro atoms. The molecule has 39 heavy (non-hydrogen) atoms. The van der Waals surface area contributed by atoms with E-state index in [4.69, 9.17) is 9.47 Å². The number of Topliss-reactive ketones (excluding diaryl/α,β-unsaturated/α-hetero) is 1. The van der Waals surface area contributed by atoms with Crippen LogP contribution in [-0.2, 0) is 9.59 Å². The first-order valence-corrected chi connectivity index (χ1v) is 12.8. The van der Waals surface area contributed by atoms with E-state index in [1.807, 2.05) is 0 Å². The summed E-state index contributed by atoms with van der Waals surface area (Å²) >= 11 is 1.03. The highest BCUT2D eigenvalue weighted by atomic mass is 32.1. The second-order valence-corrected chi connectivity index (χ2v) is 9.53. The number of carbonyl (C=O) groups excluding carboxylic acids is 2. The maximum atomic E-state index is 13.9. The summed E-state index contributed by atoms with van der Waals surface area (Å²) in [6.45, 7) is 5.98. The number of thiazole rings is 1. The number of rotatable bonds is 8. The van der Waals surface area contributed by atoms with Gasteiger partial charge in [-0.25, -0.2) is 13.8 Å². The third kappa shape index (κ3) is 4.86. The first kappa shape index (κ1) is 26.1. The number of aliphatic hydroxyl groups is 1. The molecule has 1 aromatic heterocycles. The normalized spacial score (nSPS) is 16.6. The molecule has 198 valence electrons. The number of hydrogen-bond acceptors (Lipinski definition) is 7. The van der Waals surface area contributed by atoms with E-state index in [-0.39, 0.29) is 22.9 Å². The molecule has 0 radical (unpaired) electrons. The van der Waals surface area contributed by atoms with Gasteiger partial charge in [0.25, 0.3) is 5.78 Å². The fourth-order valence-electron chi connectivity index (χ4n) is 4.33. The molecule has 0 saturated carbocycles. The molecule has 1 saturated heterocycles. The number of benzene rings is 3. The van der Waals surface area contributed by atoms with Gasteiger partial charge in [0, 0.05) is 5.56 Å². The number of carbonyl (C=O) groups is 2. The van der Waals surface area contributed by atoms with Gasteiger partial charge in [-0.2, -0.15) is 0 Å². The minimum atomic E-state index is -1.12. The number of anilines is 1. The molecule has 5 rings (SSSR count). The number of aromatic nitrogens is 1. The van der Waals surface area contributed by atoms with E-state index in [9.17, 15) is 23.5 Å². The van der Waals surface area contributed by atoms with Crippen LogP contribution in [0.25, 0.3) is 16.0 Å². The minimum Gasteiger partial charge on any atom is -0.507 e. The molecule has 4 aromatic rings. The van der Waals surface area contributed by atoms with Crippen molar-refractivity contribution in [1.82, 2.24) is 4.98 Å². The van der Waals surface area contributed by atoms with Crippen molar-refractivity contribution >= 4 is 44.1 Å². The second kappa shape index (κ2) is 10.7. The summed E-state index contributed by atoms with van der Waals surface area (Å²) in [6.07, 6.45) is 1.58. The van der Waals surface area contributed by atoms with Crippen LogP contribution in [0.1, 0.15) is 24.1 Å². The molecular formula is C29H22F2N2O5S. The summed E-state index contributed by atoms with van der Waals surface area (Å²) in [6, 6.07) is 12.7. The first-order valence-electron chi connectivity index (χ1n) is 12.0. The standard InChI is InChI=1S/C29H22F2N2O5S/c1-3-13-38-21-12-7-17(14-22(21)37-4-2)25-24(26(34)16-5-8-18(30)9-6-16)27(35)28(36)33(25)29-32-20-11-10-19(31)15-23(20)39-29/h3,5-12,14-15,25,34H,1,4,13H2,2H3. The fraction of sp³-hybridized carbons (Fsp3) is 0.138. The Balaban J connectivity index is 1.72. The molecule has 1 aliphatic heterocycles. The molecule has 1 fully saturated rings. The molecule has 1 atom stereocenters. The molecule has 0 bridgehead atoms. The van der Waals surface area contributed by atoms with Crippen LogP contribution < -0.4 is 14.4 Å². The lowest BCUT2D eigenvalue weighted by atomic mass is 9.95. The van der Waals surface area contributed by atoms with Gasteiger partial charge in [0.1, 0.15) is 24.0 Å². The zero-order valence-corrected chi connectivity index (χ0v) is 21.5. The Kier molecular flexibility index (Phi) is 7.12. The Hall–Kier alpha value is -4.57. The van der Waals surface area contributed by atoms with E-state index in [0.29, 0.717) is 33.9 Å². The Labute approximate surface area is 226 Å². The quantitative estimate of drug-likeness (QED) is 0.123. The molecule has 1 unspecified atom stereocenters. The largest absolute Gasteiger partial charge is 0.507 e. The van der Waals surface area contributed by atoms with Crippen molar-refractivity contribution in [2.75, 3.05) is 18.1 Å². The summed E-state index contributed by atoms with van der Waals surface area (Å²) in [4.78, 5) is 32.5. The van der Waals surface area contributed by atoms with Crippen LogP contribution >= 0.6 is 11.3 Å². The van der Waals surface area contributed by atoms with E-state index in [1.165, 1.54) is 35.2 Å². The number of ketones is 1. The lowest BCUT2D eigenvalue weighted by Gasteiger charge is -2.24. The SMILES string of the molecule is C=CCOc1ccc(C2C(=C(O)c3ccc(F)cc3)C(=O)C(=O)N2c2nc3ccc(F)cc3s2)cc1OCC. The Morgan fingerprint density at radius 3 is 2.51 bits per heavy atom. The van der Waals surface area contributed by atoms with E-state index < -0.39 is 35.1 Å². The molecule has 0 aliphatic carbocycles. The average Bonchev–Trinajstić information content (AvgIpc) is 3.45. The van der Waals surface area contributed by atoms with Crippen molar-refractivity contribution in [1.29, 1.82) is 0 Å². The van der Waals surface area contributed by atoms with Crippen molar-refractivity contribution in [2.24, 2.45) is 0 Å². The highest BCUT2D eigenvalue weighted by molar-refractivity contribution is 7.22. The minimum absolute atomic E-state index is 0.144. The summed E-state index contributed by atoms with van der Waals surface area (Å²) in [5.41, 5.74) is 0.817. The van der Waals surface area contributed by atoms with Crippen molar-refractivity contribution in [3.63, 3.8) is 0 Å². The van der Waals surface area contributed by atoms with Crippen LogP contribution in [0.15, 0.2) is 78.9 Å². The van der Waals surface area contributed by atoms with E-state index in [0.717, 1.165) is 23.5 Å². The van der Waals surface area contributed by atoms with Crippen molar-refractivity contribution in [3.05, 3.63) is 102 Å². The van der Waals surface area contributed by atoms with Crippen LogP contribution in [0, 0.1) is 11.6 Å². The number of hydrogen-bond donors (Lipinski definition) is 1. The molecule has 7 nitrogen and oxygen atoms in total. The number of ether oxygens (including phenoxy) is 2. The molecule has 1 amide bonds. The number of halogens is 2. The van der Waals surface area contributed by atoms with Crippen molar-refractivity contribution in [2.45, 2.75) is 13.0 Å². The van der Waals surface area contributed by atoms with Gasteiger partial charge >= 0.3 is 5.91 Å².